The molecule has 9 heteroatoms. The molecule has 36 heavy (non-hydrogen) atoms. The summed E-state index contributed by atoms with van der Waals surface area (Å²) in [5.41, 5.74) is 2.49. The fourth-order valence-electron chi connectivity index (χ4n) is 3.98. The number of hydrogen-bond donors (Lipinski definition) is 1. The molecule has 0 heterocycles. The van der Waals surface area contributed by atoms with Crippen LogP contribution >= 0.6 is 0 Å². The molecular formula is C27H29F3N2O3S. The number of sulfonamides is 1. The maximum Gasteiger partial charge on any atom is 0.416 e. The van der Waals surface area contributed by atoms with Crippen molar-refractivity contribution in [1.82, 2.24) is 5.32 Å². The molecule has 0 fully saturated rings. The Morgan fingerprint density at radius 3 is 2.17 bits per heavy atom. The predicted molar refractivity (Wildman–Crippen MR) is 134 cm³/mol. The van der Waals surface area contributed by atoms with E-state index < -0.39 is 34.2 Å². The third-order valence-electron chi connectivity index (χ3n) is 5.90. The van der Waals surface area contributed by atoms with Gasteiger partial charge in [-0.2, -0.15) is 13.2 Å². The third kappa shape index (κ3) is 6.26. The van der Waals surface area contributed by atoms with E-state index >= 15 is 0 Å². The third-order valence-corrected chi connectivity index (χ3v) is 7.69. The number of alkyl halides is 3. The number of carbonyl (C=O) groups excluding carboxylic acids is 1. The fraction of sp³-hybridized carbons (Fsp3) is 0.296. The number of anilines is 1. The minimum atomic E-state index is -4.67. The number of nitrogens with zero attached hydrogens (tertiary/aromatic N) is 1. The Hall–Kier alpha value is -3.33. The first-order valence-electron chi connectivity index (χ1n) is 11.5. The topological polar surface area (TPSA) is 66.5 Å². The van der Waals surface area contributed by atoms with E-state index in [2.05, 4.69) is 5.32 Å². The van der Waals surface area contributed by atoms with Crippen LogP contribution in [0.25, 0.3) is 0 Å². The highest BCUT2D eigenvalue weighted by Gasteiger charge is 2.33. The van der Waals surface area contributed by atoms with Gasteiger partial charge < -0.3 is 5.32 Å². The average molecular weight is 519 g/mol. The molecule has 0 aromatic heterocycles. The van der Waals surface area contributed by atoms with Crippen molar-refractivity contribution in [3.63, 3.8) is 0 Å². The highest BCUT2D eigenvalue weighted by molar-refractivity contribution is 7.92. The van der Waals surface area contributed by atoms with Crippen molar-refractivity contribution in [2.75, 3.05) is 10.8 Å². The molecule has 3 aromatic carbocycles. The van der Waals surface area contributed by atoms with Crippen LogP contribution < -0.4 is 9.62 Å². The number of rotatable bonds is 8. The highest BCUT2D eigenvalue weighted by Crippen LogP contribution is 2.33. The van der Waals surface area contributed by atoms with E-state index in [-0.39, 0.29) is 16.6 Å². The summed E-state index contributed by atoms with van der Waals surface area (Å²) in [6.45, 7) is 6.87. The van der Waals surface area contributed by atoms with Gasteiger partial charge in [-0.25, -0.2) is 8.42 Å². The van der Waals surface area contributed by atoms with Crippen LogP contribution in [0.1, 0.15) is 47.2 Å². The molecule has 0 aliphatic heterocycles. The van der Waals surface area contributed by atoms with Gasteiger partial charge in [0.2, 0.25) is 5.91 Å². The van der Waals surface area contributed by atoms with Gasteiger partial charge in [0, 0.05) is 0 Å². The van der Waals surface area contributed by atoms with Gasteiger partial charge in [-0.1, -0.05) is 54.4 Å². The van der Waals surface area contributed by atoms with Crippen LogP contribution in [0.2, 0.25) is 0 Å². The first kappa shape index (κ1) is 27.3. The SMILES string of the molecule is CCC(NC(=O)CN(c1cccc(C(F)(F)F)c1)S(=O)(=O)c1ccc(C)cc1)c1ccc(C)cc1C. The molecule has 0 aliphatic rings. The Morgan fingerprint density at radius 1 is 0.944 bits per heavy atom. The lowest BCUT2D eigenvalue weighted by Gasteiger charge is -2.26. The first-order valence-corrected chi connectivity index (χ1v) is 12.9. The summed E-state index contributed by atoms with van der Waals surface area (Å²) in [5, 5.41) is 2.85. The molecule has 0 spiro atoms. The van der Waals surface area contributed by atoms with Crippen LogP contribution in [0, 0.1) is 20.8 Å². The number of halogens is 3. The van der Waals surface area contributed by atoms with E-state index in [1.165, 1.54) is 18.2 Å². The van der Waals surface area contributed by atoms with Gasteiger partial charge in [-0.3, -0.25) is 9.10 Å². The summed E-state index contributed by atoms with van der Waals surface area (Å²) in [6.07, 6.45) is -4.13. The highest BCUT2D eigenvalue weighted by atomic mass is 32.2. The normalized spacial score (nSPS) is 12.8. The van der Waals surface area contributed by atoms with Gasteiger partial charge in [0.15, 0.2) is 0 Å². The minimum absolute atomic E-state index is 0.125. The van der Waals surface area contributed by atoms with E-state index in [4.69, 9.17) is 0 Å². The number of nitrogens with one attached hydrogen (secondary N) is 1. The monoisotopic (exact) mass is 518 g/mol. The Morgan fingerprint density at radius 2 is 1.58 bits per heavy atom. The largest absolute Gasteiger partial charge is 0.416 e. The van der Waals surface area contributed by atoms with Crippen molar-refractivity contribution in [1.29, 1.82) is 0 Å². The average Bonchev–Trinajstić information content (AvgIpc) is 2.81. The molecule has 192 valence electrons. The number of aryl methyl sites for hydroxylation is 3. The van der Waals surface area contributed by atoms with E-state index in [0.29, 0.717) is 6.42 Å². The summed E-state index contributed by atoms with van der Waals surface area (Å²) in [7, 11) is -4.34. The zero-order valence-electron chi connectivity index (χ0n) is 20.6. The van der Waals surface area contributed by atoms with E-state index in [0.717, 1.165) is 44.8 Å². The predicted octanol–water partition coefficient (Wildman–Crippen LogP) is 6.09. The van der Waals surface area contributed by atoms with Gasteiger partial charge in [-0.15, -0.1) is 0 Å². The van der Waals surface area contributed by atoms with Crippen LogP contribution in [0.15, 0.2) is 71.6 Å². The van der Waals surface area contributed by atoms with Crippen molar-refractivity contribution in [3.8, 4) is 0 Å². The molecule has 0 aliphatic carbocycles. The van der Waals surface area contributed by atoms with Crippen molar-refractivity contribution in [2.24, 2.45) is 0 Å². The molecule has 0 radical (unpaired) electrons. The van der Waals surface area contributed by atoms with Gasteiger partial charge in [0.05, 0.1) is 22.2 Å². The fourth-order valence-corrected chi connectivity index (χ4v) is 5.39. The van der Waals surface area contributed by atoms with Crippen LogP contribution in [0.3, 0.4) is 0 Å². The lowest BCUT2D eigenvalue weighted by molar-refractivity contribution is -0.137. The Bertz CT molecular complexity index is 1340. The molecule has 5 nitrogen and oxygen atoms in total. The summed E-state index contributed by atoms with van der Waals surface area (Å²) < 4.78 is 67.9. The molecule has 0 bridgehead atoms. The van der Waals surface area contributed by atoms with Crippen LogP contribution in [0.5, 0.6) is 0 Å². The van der Waals surface area contributed by atoms with Crippen LogP contribution in [-0.2, 0) is 21.0 Å². The summed E-state index contributed by atoms with van der Waals surface area (Å²) in [5.74, 6) is -0.630. The summed E-state index contributed by atoms with van der Waals surface area (Å²) in [4.78, 5) is 13.0. The van der Waals surface area contributed by atoms with Crippen molar-refractivity contribution >= 4 is 21.6 Å². The molecular weight excluding hydrogens is 489 g/mol. The lowest BCUT2D eigenvalue weighted by atomic mass is 9.97. The van der Waals surface area contributed by atoms with E-state index in [1.54, 1.807) is 19.1 Å². The second-order valence-corrected chi connectivity index (χ2v) is 10.6. The molecule has 1 amide bonds. The lowest BCUT2D eigenvalue weighted by Crippen LogP contribution is -2.42. The second kappa shape index (κ2) is 10.7. The molecule has 3 aromatic rings. The Kier molecular flexibility index (Phi) is 8.13. The zero-order chi connectivity index (χ0) is 26.7. The Balaban J connectivity index is 1.99. The zero-order valence-corrected chi connectivity index (χ0v) is 21.4. The molecule has 1 N–H and O–H groups in total. The van der Waals surface area contributed by atoms with E-state index in [1.807, 2.05) is 39.0 Å². The maximum absolute atomic E-state index is 13.5. The summed E-state index contributed by atoms with van der Waals surface area (Å²) >= 11 is 0. The minimum Gasteiger partial charge on any atom is -0.348 e. The molecule has 1 atom stereocenters. The van der Waals surface area contributed by atoms with Crippen molar-refractivity contribution in [2.45, 2.75) is 51.2 Å². The van der Waals surface area contributed by atoms with Crippen molar-refractivity contribution < 1.29 is 26.4 Å². The maximum atomic E-state index is 13.5. The molecule has 0 saturated carbocycles. The van der Waals surface area contributed by atoms with Gasteiger partial charge >= 0.3 is 6.18 Å². The van der Waals surface area contributed by atoms with Gasteiger partial charge in [0.25, 0.3) is 10.0 Å². The molecule has 3 rings (SSSR count). The number of hydrogen-bond acceptors (Lipinski definition) is 3. The Labute approximate surface area is 210 Å². The number of carbonyl (C=O) groups is 1. The van der Waals surface area contributed by atoms with Gasteiger partial charge in [0.1, 0.15) is 6.54 Å². The van der Waals surface area contributed by atoms with Crippen LogP contribution in [-0.4, -0.2) is 20.9 Å². The quantitative estimate of drug-likeness (QED) is 0.392. The smallest absolute Gasteiger partial charge is 0.348 e. The second-order valence-electron chi connectivity index (χ2n) is 8.76. The molecule has 1 unspecified atom stereocenters. The van der Waals surface area contributed by atoms with Gasteiger partial charge in [-0.05, 0) is 68.7 Å². The first-order chi connectivity index (χ1) is 16.8. The number of amides is 1. The number of benzene rings is 3. The standard InChI is InChI=1S/C27H29F3N2O3S/c1-5-25(24-14-11-19(3)15-20(24)4)31-26(33)17-32(22-8-6-7-21(16-22)27(28,29)30)36(34,35)23-12-9-18(2)10-13-23/h6-16,25H,5,17H2,1-4H3,(H,31,33). The van der Waals surface area contributed by atoms with E-state index in [9.17, 15) is 26.4 Å². The van der Waals surface area contributed by atoms with Crippen molar-refractivity contribution in [3.05, 3.63) is 94.5 Å². The van der Waals surface area contributed by atoms with Crippen LogP contribution in [0.4, 0.5) is 18.9 Å². The summed E-state index contributed by atoms with van der Waals surface area (Å²) in [6, 6.07) is 15.3. The molecule has 0 saturated heterocycles.